The zero-order valence-electron chi connectivity index (χ0n) is 14.3. The Kier molecular flexibility index (Phi) is 4.48. The summed E-state index contributed by atoms with van der Waals surface area (Å²) < 4.78 is 38.4. The van der Waals surface area contributed by atoms with Crippen molar-refractivity contribution in [2.45, 2.75) is 6.54 Å². The largest absolute Gasteiger partial charge is 0.454 e. The van der Waals surface area contributed by atoms with E-state index in [0.29, 0.717) is 22.8 Å². The molecule has 4 rings (SSSR count). The fourth-order valence-corrected chi connectivity index (χ4v) is 2.70. The zero-order valence-corrected chi connectivity index (χ0v) is 14.3. The summed E-state index contributed by atoms with van der Waals surface area (Å²) in [5.74, 6) is -0.996. The van der Waals surface area contributed by atoms with Crippen LogP contribution < -0.4 is 20.3 Å². The van der Waals surface area contributed by atoms with Gasteiger partial charge in [-0.2, -0.15) is 0 Å². The van der Waals surface area contributed by atoms with E-state index in [1.54, 1.807) is 18.2 Å². The third kappa shape index (κ3) is 3.54. The molecule has 0 radical (unpaired) electrons. The standard InChI is InChI=1S/C19H13F2N3O4/c20-12-2-3-13(21)15(6-12)23-18(25)8-24-9-22-14(7-19(24)26)11-1-4-16-17(5-11)28-10-27-16/h1-7,9H,8,10H2,(H,23,25). The Hall–Kier alpha value is -3.75. The fourth-order valence-electron chi connectivity index (χ4n) is 2.70. The third-order valence-electron chi connectivity index (χ3n) is 4.06. The number of anilines is 1. The van der Waals surface area contributed by atoms with E-state index >= 15 is 0 Å². The summed E-state index contributed by atoms with van der Waals surface area (Å²) in [6.07, 6.45) is 1.21. The molecule has 7 nitrogen and oxygen atoms in total. The van der Waals surface area contributed by atoms with Crippen molar-refractivity contribution in [3.8, 4) is 22.8 Å². The summed E-state index contributed by atoms with van der Waals surface area (Å²) in [4.78, 5) is 28.6. The predicted molar refractivity (Wildman–Crippen MR) is 95.0 cm³/mol. The molecule has 1 N–H and O–H groups in total. The zero-order chi connectivity index (χ0) is 19.7. The van der Waals surface area contributed by atoms with Gasteiger partial charge in [0.1, 0.15) is 18.2 Å². The van der Waals surface area contributed by atoms with E-state index in [2.05, 4.69) is 10.3 Å². The lowest BCUT2D eigenvalue weighted by atomic mass is 10.1. The van der Waals surface area contributed by atoms with Gasteiger partial charge >= 0.3 is 0 Å². The minimum atomic E-state index is -0.779. The molecule has 3 aromatic rings. The molecular formula is C19H13F2N3O4. The van der Waals surface area contributed by atoms with Crippen LogP contribution in [0.2, 0.25) is 0 Å². The Balaban J connectivity index is 1.51. The van der Waals surface area contributed by atoms with Crippen molar-refractivity contribution in [3.63, 3.8) is 0 Å². The molecule has 2 heterocycles. The van der Waals surface area contributed by atoms with Crippen LogP contribution in [0.25, 0.3) is 11.3 Å². The first-order valence-electron chi connectivity index (χ1n) is 8.21. The summed E-state index contributed by atoms with van der Waals surface area (Å²) in [6.45, 7) is -0.266. The Morgan fingerprint density at radius 1 is 1.11 bits per heavy atom. The molecule has 0 spiro atoms. The molecule has 28 heavy (non-hydrogen) atoms. The molecule has 2 aromatic carbocycles. The van der Waals surface area contributed by atoms with E-state index in [1.165, 1.54) is 12.4 Å². The lowest BCUT2D eigenvalue weighted by molar-refractivity contribution is -0.116. The van der Waals surface area contributed by atoms with Crippen LogP contribution in [0.15, 0.2) is 53.6 Å². The van der Waals surface area contributed by atoms with E-state index in [9.17, 15) is 18.4 Å². The van der Waals surface area contributed by atoms with Gasteiger partial charge in [-0.1, -0.05) is 0 Å². The summed E-state index contributed by atoms with van der Waals surface area (Å²) in [5, 5.41) is 2.23. The molecule has 0 aliphatic carbocycles. The monoisotopic (exact) mass is 385 g/mol. The number of hydrogen-bond donors (Lipinski definition) is 1. The van der Waals surface area contributed by atoms with Gasteiger partial charge in [0.2, 0.25) is 12.7 Å². The molecule has 0 unspecified atom stereocenters. The number of hydrogen-bond acceptors (Lipinski definition) is 5. The van der Waals surface area contributed by atoms with Crippen LogP contribution in [0, 0.1) is 11.6 Å². The van der Waals surface area contributed by atoms with E-state index in [-0.39, 0.29) is 12.5 Å². The number of ether oxygens (including phenoxy) is 2. The number of fused-ring (bicyclic) bond motifs is 1. The summed E-state index contributed by atoms with van der Waals surface area (Å²) >= 11 is 0. The Morgan fingerprint density at radius 3 is 2.75 bits per heavy atom. The molecular weight excluding hydrogens is 372 g/mol. The maximum absolute atomic E-state index is 13.6. The number of benzene rings is 2. The molecule has 1 amide bonds. The van der Waals surface area contributed by atoms with Crippen LogP contribution in [-0.2, 0) is 11.3 Å². The number of nitrogens with zero attached hydrogens (tertiary/aromatic N) is 2. The molecule has 1 aliphatic rings. The molecule has 9 heteroatoms. The number of nitrogens with one attached hydrogen (secondary N) is 1. The SMILES string of the molecule is O=C(Cn1cnc(-c2ccc3c(c2)OCO3)cc1=O)Nc1cc(F)ccc1F. The number of rotatable bonds is 4. The minimum absolute atomic E-state index is 0.134. The van der Waals surface area contributed by atoms with Crippen molar-refractivity contribution < 1.29 is 23.0 Å². The molecule has 0 saturated carbocycles. The van der Waals surface area contributed by atoms with Crippen molar-refractivity contribution in [2.75, 3.05) is 12.1 Å². The van der Waals surface area contributed by atoms with Crippen LogP contribution in [0.1, 0.15) is 0 Å². The second kappa shape index (κ2) is 7.10. The fraction of sp³-hybridized carbons (Fsp3) is 0.105. The van der Waals surface area contributed by atoms with Gasteiger partial charge in [0, 0.05) is 17.7 Å². The highest BCUT2D eigenvalue weighted by molar-refractivity contribution is 5.90. The summed E-state index contributed by atoms with van der Waals surface area (Å²) in [6, 6.07) is 9.12. The summed E-state index contributed by atoms with van der Waals surface area (Å²) in [7, 11) is 0. The normalized spacial score (nSPS) is 12.1. The van der Waals surface area contributed by atoms with Crippen LogP contribution in [0.3, 0.4) is 0 Å². The van der Waals surface area contributed by atoms with Gasteiger partial charge in [-0.15, -0.1) is 0 Å². The maximum atomic E-state index is 13.6. The Bertz CT molecular complexity index is 1130. The van der Waals surface area contributed by atoms with Crippen molar-refractivity contribution >= 4 is 11.6 Å². The topological polar surface area (TPSA) is 82.5 Å². The highest BCUT2D eigenvalue weighted by Gasteiger charge is 2.15. The van der Waals surface area contributed by atoms with Crippen molar-refractivity contribution in [1.29, 1.82) is 0 Å². The van der Waals surface area contributed by atoms with Crippen LogP contribution in [0.4, 0.5) is 14.5 Å². The number of aromatic nitrogens is 2. The highest BCUT2D eigenvalue weighted by Crippen LogP contribution is 2.35. The highest BCUT2D eigenvalue weighted by atomic mass is 19.1. The summed E-state index contributed by atoms with van der Waals surface area (Å²) in [5.41, 5.74) is 0.274. The van der Waals surface area contributed by atoms with Crippen LogP contribution in [0.5, 0.6) is 11.5 Å². The van der Waals surface area contributed by atoms with Gasteiger partial charge < -0.3 is 14.8 Å². The molecule has 1 aromatic heterocycles. The van der Waals surface area contributed by atoms with Gasteiger partial charge in [-0.3, -0.25) is 14.2 Å². The molecule has 1 aliphatic heterocycles. The maximum Gasteiger partial charge on any atom is 0.254 e. The first-order valence-corrected chi connectivity index (χ1v) is 8.21. The smallest absolute Gasteiger partial charge is 0.254 e. The first-order chi connectivity index (χ1) is 13.5. The van der Waals surface area contributed by atoms with Gasteiger partial charge in [-0.25, -0.2) is 13.8 Å². The number of halogens is 2. The number of carbonyl (C=O) groups is 1. The van der Waals surface area contributed by atoms with Gasteiger partial charge in [0.15, 0.2) is 11.5 Å². The Labute approximate surface area is 157 Å². The van der Waals surface area contributed by atoms with E-state index < -0.39 is 29.6 Å². The van der Waals surface area contributed by atoms with E-state index in [1.807, 2.05) is 0 Å². The average molecular weight is 385 g/mol. The predicted octanol–water partition coefficient (Wildman–Crippen LogP) is 2.56. The van der Waals surface area contributed by atoms with Gasteiger partial charge in [0.25, 0.3) is 5.56 Å². The van der Waals surface area contributed by atoms with Crippen molar-refractivity contribution in [2.24, 2.45) is 0 Å². The quantitative estimate of drug-likeness (QED) is 0.747. The number of amides is 1. The van der Waals surface area contributed by atoms with Crippen molar-refractivity contribution in [3.05, 3.63) is 70.8 Å². The lowest BCUT2D eigenvalue weighted by Crippen LogP contribution is -2.27. The molecule has 0 saturated heterocycles. The third-order valence-corrected chi connectivity index (χ3v) is 4.06. The van der Waals surface area contributed by atoms with Crippen LogP contribution >= 0.6 is 0 Å². The molecule has 0 atom stereocenters. The Morgan fingerprint density at radius 2 is 1.93 bits per heavy atom. The molecule has 0 bridgehead atoms. The van der Waals surface area contributed by atoms with E-state index in [0.717, 1.165) is 22.8 Å². The van der Waals surface area contributed by atoms with E-state index in [4.69, 9.17) is 9.47 Å². The average Bonchev–Trinajstić information content (AvgIpc) is 3.14. The lowest BCUT2D eigenvalue weighted by Gasteiger charge is -2.09. The van der Waals surface area contributed by atoms with Crippen molar-refractivity contribution in [1.82, 2.24) is 9.55 Å². The second-order valence-electron chi connectivity index (χ2n) is 5.98. The minimum Gasteiger partial charge on any atom is -0.454 e. The van der Waals surface area contributed by atoms with Gasteiger partial charge in [0.05, 0.1) is 17.7 Å². The van der Waals surface area contributed by atoms with Crippen LogP contribution in [-0.4, -0.2) is 22.3 Å². The number of carbonyl (C=O) groups excluding carboxylic acids is 1. The molecule has 142 valence electrons. The first kappa shape index (κ1) is 17.7. The second-order valence-corrected chi connectivity index (χ2v) is 5.98. The van der Waals surface area contributed by atoms with Gasteiger partial charge in [-0.05, 0) is 30.3 Å². The molecule has 0 fully saturated rings.